The molecule has 0 fully saturated rings. The SMILES string of the molecule is CCOC(=O)/C(C#N)=C/c1ccc(OC(=O)CCCl)c(OCC)c1. The summed E-state index contributed by atoms with van der Waals surface area (Å²) in [6.07, 6.45) is 1.46. The van der Waals surface area contributed by atoms with Crippen LogP contribution in [0, 0.1) is 11.3 Å². The molecule has 0 aliphatic rings. The highest BCUT2D eigenvalue weighted by Gasteiger charge is 2.13. The zero-order chi connectivity index (χ0) is 17.9. The molecule has 24 heavy (non-hydrogen) atoms. The van der Waals surface area contributed by atoms with Gasteiger partial charge in [0.05, 0.1) is 19.6 Å². The first-order valence-electron chi connectivity index (χ1n) is 7.38. The van der Waals surface area contributed by atoms with Gasteiger partial charge in [0, 0.05) is 5.88 Å². The van der Waals surface area contributed by atoms with Crippen LogP contribution in [0.3, 0.4) is 0 Å². The van der Waals surface area contributed by atoms with Gasteiger partial charge in [0.25, 0.3) is 0 Å². The summed E-state index contributed by atoms with van der Waals surface area (Å²) >= 11 is 5.50. The van der Waals surface area contributed by atoms with Crippen LogP contribution >= 0.6 is 11.6 Å². The molecule has 0 heterocycles. The van der Waals surface area contributed by atoms with Crippen LogP contribution in [0.1, 0.15) is 25.8 Å². The van der Waals surface area contributed by atoms with Crippen LogP contribution in [0.2, 0.25) is 0 Å². The van der Waals surface area contributed by atoms with Crippen molar-refractivity contribution in [2.75, 3.05) is 19.1 Å². The fraction of sp³-hybridized carbons (Fsp3) is 0.353. The van der Waals surface area contributed by atoms with E-state index in [1.807, 2.05) is 0 Å². The van der Waals surface area contributed by atoms with E-state index in [2.05, 4.69) is 0 Å². The average Bonchev–Trinajstić information content (AvgIpc) is 2.55. The van der Waals surface area contributed by atoms with E-state index in [0.717, 1.165) is 0 Å². The number of halogens is 1. The summed E-state index contributed by atoms with van der Waals surface area (Å²) in [6, 6.07) is 6.50. The van der Waals surface area contributed by atoms with Crippen LogP contribution in [0.15, 0.2) is 23.8 Å². The van der Waals surface area contributed by atoms with Crippen molar-refractivity contribution in [2.45, 2.75) is 20.3 Å². The van der Waals surface area contributed by atoms with Gasteiger partial charge in [-0.15, -0.1) is 11.6 Å². The molecule has 6 nitrogen and oxygen atoms in total. The molecule has 0 saturated heterocycles. The fourth-order valence-electron chi connectivity index (χ4n) is 1.73. The molecule has 0 unspecified atom stereocenters. The summed E-state index contributed by atoms with van der Waals surface area (Å²) in [5.74, 6) is -0.433. The third-order valence-electron chi connectivity index (χ3n) is 2.72. The van der Waals surface area contributed by atoms with Gasteiger partial charge in [-0.25, -0.2) is 4.79 Å². The van der Waals surface area contributed by atoms with E-state index in [9.17, 15) is 9.59 Å². The van der Waals surface area contributed by atoms with Gasteiger partial charge in [-0.05, 0) is 37.6 Å². The van der Waals surface area contributed by atoms with Gasteiger partial charge in [-0.1, -0.05) is 6.07 Å². The van der Waals surface area contributed by atoms with Gasteiger partial charge in [0.2, 0.25) is 0 Å². The Hall–Kier alpha value is -2.52. The van der Waals surface area contributed by atoms with E-state index < -0.39 is 11.9 Å². The minimum absolute atomic E-state index is 0.0796. The summed E-state index contributed by atoms with van der Waals surface area (Å²) in [5, 5.41) is 9.06. The van der Waals surface area contributed by atoms with Gasteiger partial charge in [-0.3, -0.25) is 4.79 Å². The molecular weight excluding hydrogens is 334 g/mol. The zero-order valence-corrected chi connectivity index (χ0v) is 14.3. The van der Waals surface area contributed by atoms with E-state index in [1.165, 1.54) is 12.1 Å². The Morgan fingerprint density at radius 3 is 2.58 bits per heavy atom. The highest BCUT2D eigenvalue weighted by molar-refractivity contribution is 6.18. The second kappa shape index (κ2) is 10.3. The van der Waals surface area contributed by atoms with Gasteiger partial charge < -0.3 is 14.2 Å². The minimum atomic E-state index is -0.699. The summed E-state index contributed by atoms with van der Waals surface area (Å²) in [7, 11) is 0. The summed E-state index contributed by atoms with van der Waals surface area (Å²) in [4.78, 5) is 23.2. The van der Waals surface area contributed by atoms with E-state index >= 15 is 0 Å². The average molecular weight is 352 g/mol. The van der Waals surface area contributed by atoms with Crippen molar-refractivity contribution in [1.29, 1.82) is 5.26 Å². The predicted octanol–water partition coefficient (Wildman–Crippen LogP) is 3.09. The Morgan fingerprint density at radius 1 is 1.25 bits per heavy atom. The van der Waals surface area contributed by atoms with E-state index in [4.69, 9.17) is 31.1 Å². The Labute approximate surface area is 145 Å². The van der Waals surface area contributed by atoms with Crippen molar-refractivity contribution in [2.24, 2.45) is 0 Å². The second-order valence-corrected chi connectivity index (χ2v) is 4.82. The maximum Gasteiger partial charge on any atom is 0.348 e. The Kier molecular flexibility index (Phi) is 8.37. The number of benzene rings is 1. The Balaban J connectivity index is 3.10. The topological polar surface area (TPSA) is 85.6 Å². The van der Waals surface area contributed by atoms with Gasteiger partial charge in [0.1, 0.15) is 11.6 Å². The summed E-state index contributed by atoms with van der Waals surface area (Å²) in [5.41, 5.74) is 0.409. The summed E-state index contributed by atoms with van der Waals surface area (Å²) in [6.45, 7) is 3.98. The molecule has 0 atom stereocenters. The van der Waals surface area contributed by atoms with Crippen molar-refractivity contribution in [3.63, 3.8) is 0 Å². The largest absolute Gasteiger partial charge is 0.490 e. The number of ether oxygens (including phenoxy) is 3. The van der Waals surface area contributed by atoms with Crippen molar-refractivity contribution in [3.8, 4) is 17.6 Å². The molecule has 0 aromatic heterocycles. The molecule has 0 saturated carbocycles. The van der Waals surface area contributed by atoms with Crippen LogP contribution in [0.4, 0.5) is 0 Å². The number of hydrogen-bond donors (Lipinski definition) is 0. The molecule has 0 N–H and O–H groups in total. The lowest BCUT2D eigenvalue weighted by atomic mass is 10.1. The Bertz CT molecular complexity index is 663. The number of esters is 2. The number of carbonyl (C=O) groups excluding carboxylic acids is 2. The molecule has 1 aromatic rings. The molecule has 0 bridgehead atoms. The molecule has 0 aliphatic heterocycles. The maximum atomic E-state index is 11.6. The molecule has 0 radical (unpaired) electrons. The van der Waals surface area contributed by atoms with Crippen LogP contribution in [0.25, 0.3) is 6.08 Å². The number of carbonyl (C=O) groups is 2. The molecule has 0 aliphatic carbocycles. The van der Waals surface area contributed by atoms with Crippen LogP contribution in [0.5, 0.6) is 11.5 Å². The molecule has 0 amide bonds. The molecule has 128 valence electrons. The van der Waals surface area contributed by atoms with E-state index in [1.54, 1.807) is 32.0 Å². The predicted molar refractivity (Wildman–Crippen MR) is 88.8 cm³/mol. The number of alkyl halides is 1. The number of nitriles is 1. The lowest BCUT2D eigenvalue weighted by molar-refractivity contribution is -0.138. The third kappa shape index (κ3) is 5.94. The van der Waals surface area contributed by atoms with Crippen LogP contribution in [-0.4, -0.2) is 31.0 Å². The van der Waals surface area contributed by atoms with Crippen molar-refractivity contribution < 1.29 is 23.8 Å². The first-order chi connectivity index (χ1) is 11.5. The summed E-state index contributed by atoms with van der Waals surface area (Å²) < 4.78 is 15.4. The smallest absolute Gasteiger partial charge is 0.348 e. The molecule has 1 aromatic carbocycles. The zero-order valence-electron chi connectivity index (χ0n) is 13.5. The quantitative estimate of drug-likeness (QED) is 0.235. The highest BCUT2D eigenvalue weighted by Crippen LogP contribution is 2.30. The number of rotatable bonds is 8. The Morgan fingerprint density at radius 2 is 2.00 bits per heavy atom. The van der Waals surface area contributed by atoms with Crippen molar-refractivity contribution >= 4 is 29.6 Å². The van der Waals surface area contributed by atoms with Crippen LogP contribution < -0.4 is 9.47 Å². The first kappa shape index (κ1) is 19.5. The lowest BCUT2D eigenvalue weighted by Crippen LogP contribution is -2.09. The van der Waals surface area contributed by atoms with Crippen molar-refractivity contribution in [1.82, 2.24) is 0 Å². The second-order valence-electron chi connectivity index (χ2n) is 4.44. The number of hydrogen-bond acceptors (Lipinski definition) is 6. The van der Waals surface area contributed by atoms with Gasteiger partial charge in [0.15, 0.2) is 11.5 Å². The maximum absolute atomic E-state index is 11.6. The molecule has 1 rings (SSSR count). The van der Waals surface area contributed by atoms with Gasteiger partial charge in [-0.2, -0.15) is 5.26 Å². The number of nitrogens with zero attached hydrogens (tertiary/aromatic N) is 1. The molecular formula is C17H18ClNO5. The third-order valence-corrected chi connectivity index (χ3v) is 2.91. The van der Waals surface area contributed by atoms with Crippen LogP contribution in [-0.2, 0) is 14.3 Å². The molecule has 0 spiro atoms. The van der Waals surface area contributed by atoms with Gasteiger partial charge >= 0.3 is 11.9 Å². The first-order valence-corrected chi connectivity index (χ1v) is 7.91. The standard InChI is InChI=1S/C17H18ClNO5/c1-3-22-15-10-12(9-13(11-19)17(21)23-4-2)5-6-14(15)24-16(20)7-8-18/h5-6,9-10H,3-4,7-8H2,1-2H3/b13-9+. The molecule has 7 heteroatoms. The fourth-order valence-corrected chi connectivity index (χ4v) is 1.88. The van der Waals surface area contributed by atoms with Crippen molar-refractivity contribution in [3.05, 3.63) is 29.3 Å². The van der Waals surface area contributed by atoms with E-state index in [-0.39, 0.29) is 30.2 Å². The normalized spacial score (nSPS) is 10.7. The van der Waals surface area contributed by atoms with E-state index in [0.29, 0.717) is 17.9 Å². The minimum Gasteiger partial charge on any atom is -0.490 e. The monoisotopic (exact) mass is 351 g/mol. The highest BCUT2D eigenvalue weighted by atomic mass is 35.5. The lowest BCUT2D eigenvalue weighted by Gasteiger charge is -2.11.